The van der Waals surface area contributed by atoms with Gasteiger partial charge in [-0.15, -0.1) is 0 Å². The van der Waals surface area contributed by atoms with Crippen molar-refractivity contribution in [3.8, 4) is 0 Å². The highest BCUT2D eigenvalue weighted by Crippen LogP contribution is 2.39. The van der Waals surface area contributed by atoms with Gasteiger partial charge in [0, 0.05) is 0 Å². The van der Waals surface area contributed by atoms with Gasteiger partial charge in [0.2, 0.25) is 0 Å². The number of rotatable bonds is 12. The molecule has 0 bridgehead atoms. The number of nitrogens with zero attached hydrogens (tertiary/aromatic N) is 1. The fraction of sp³-hybridized carbons (Fsp3) is 0.950. The minimum atomic E-state index is -0.250. The van der Waals surface area contributed by atoms with Crippen LogP contribution in [0.2, 0.25) is 0 Å². The minimum absolute atomic E-state index is 0. The lowest BCUT2D eigenvalue weighted by Gasteiger charge is -2.39. The summed E-state index contributed by atoms with van der Waals surface area (Å²) in [6, 6.07) is 0. The van der Waals surface area contributed by atoms with Crippen molar-refractivity contribution in [2.24, 2.45) is 0 Å². The lowest BCUT2D eigenvalue weighted by atomic mass is 10.1. The van der Waals surface area contributed by atoms with Crippen LogP contribution in [0.5, 0.6) is 0 Å². The van der Waals surface area contributed by atoms with Crippen LogP contribution < -0.4 is 17.0 Å². The van der Waals surface area contributed by atoms with Crippen LogP contribution in [0.4, 0.5) is 0 Å². The molecule has 2 nitrogen and oxygen atoms in total. The van der Waals surface area contributed by atoms with Gasteiger partial charge in [0.25, 0.3) is 0 Å². The fourth-order valence-corrected chi connectivity index (χ4v) is 2.64. The Morgan fingerprint density at radius 1 is 0.667 bits per heavy atom. The molecule has 0 amide bonds. The summed E-state index contributed by atoms with van der Waals surface area (Å²) in [4.78, 5) is 9.44. The van der Waals surface area contributed by atoms with Gasteiger partial charge in [0.15, 0.2) is 1.05 Å². The number of unbranched alkanes of at least 4 members (excludes halogenated alkanes) is 4. The quantitative estimate of drug-likeness (QED) is 0.186. The van der Waals surface area contributed by atoms with Crippen molar-refractivity contribution < 1.29 is 26.3 Å². The van der Waals surface area contributed by atoms with Crippen molar-refractivity contribution >= 4 is 69.5 Å². The van der Waals surface area contributed by atoms with Gasteiger partial charge in [-0.25, -0.2) is 0 Å². The van der Waals surface area contributed by atoms with Crippen LogP contribution in [-0.4, -0.2) is 37.5 Å². The van der Waals surface area contributed by atoms with E-state index in [4.69, 9.17) is 0 Å². The largest absolute Gasteiger partial charge is 1.00 e. The summed E-state index contributed by atoms with van der Waals surface area (Å²) in [6.45, 7) is 18.1. The van der Waals surface area contributed by atoms with Crippen LogP contribution in [0.1, 0.15) is 92.9 Å². The first-order chi connectivity index (χ1) is 12.0. The highest BCUT2D eigenvalue weighted by Gasteiger charge is 2.24. The lowest BCUT2D eigenvalue weighted by molar-refractivity contribution is -0.929. The third-order valence-corrected chi connectivity index (χ3v) is 3.94. The second-order valence-electron chi connectivity index (χ2n) is 6.99. The molecule has 0 saturated carbocycles. The summed E-state index contributed by atoms with van der Waals surface area (Å²) < 4.78 is 1.17. The number of alkyl halides is 4. The second-order valence-corrected chi connectivity index (χ2v) is 18.1. The molecular weight excluding hydrogens is 670 g/mol. The summed E-state index contributed by atoms with van der Waals surface area (Å²) in [5, 5.41) is 0. The van der Waals surface area contributed by atoms with Gasteiger partial charge in [-0.3, -0.25) is 0 Å². The molecule has 0 aromatic heterocycles. The van der Waals surface area contributed by atoms with E-state index in [0.717, 1.165) is 0 Å². The molecule has 0 aliphatic carbocycles. The Kier molecular flexibility index (Phi) is 32.8. The fourth-order valence-electron chi connectivity index (χ4n) is 2.64. The zero-order valence-electron chi connectivity index (χ0n) is 18.2. The van der Waals surface area contributed by atoms with Crippen LogP contribution in [0.25, 0.3) is 0 Å². The van der Waals surface area contributed by atoms with Gasteiger partial charge in [-0.1, -0.05) is 53.4 Å². The van der Waals surface area contributed by atoms with Gasteiger partial charge in [0.1, 0.15) is 5.78 Å². The van der Waals surface area contributed by atoms with Crippen LogP contribution in [0, 0.1) is 0 Å². The molecule has 27 heavy (non-hydrogen) atoms. The van der Waals surface area contributed by atoms with Crippen LogP contribution in [-0.2, 0) is 4.79 Å². The maximum Gasteiger partial charge on any atom is 0.189 e. The van der Waals surface area contributed by atoms with E-state index in [2.05, 4.69) is 91.4 Å². The zero-order chi connectivity index (χ0) is 21.1. The molecule has 0 spiro atoms. The van der Waals surface area contributed by atoms with E-state index in [1.807, 2.05) is 0 Å². The van der Waals surface area contributed by atoms with E-state index in [1.54, 1.807) is 0 Å². The molecule has 0 aromatic carbocycles. The average Bonchev–Trinajstić information content (AvgIpc) is 2.51. The first-order valence-corrected chi connectivity index (χ1v) is 13.2. The number of carbonyl (C=O) groups excluding carboxylic acids is 1. The van der Waals surface area contributed by atoms with Gasteiger partial charge >= 0.3 is 0 Å². The van der Waals surface area contributed by atoms with Gasteiger partial charge in [-0.2, -0.15) is 0 Å². The van der Waals surface area contributed by atoms with Gasteiger partial charge in [-0.05, 0) is 103 Å². The van der Waals surface area contributed by atoms with Crippen LogP contribution in [0.15, 0.2) is 0 Å². The Morgan fingerprint density at radius 3 is 0.926 bits per heavy atom. The number of hydrogen-bond acceptors (Lipinski definition) is 1. The zero-order valence-corrected chi connectivity index (χ0v) is 26.2. The number of halogens is 5. The maximum absolute atomic E-state index is 9.44. The molecule has 0 aliphatic rings. The van der Waals surface area contributed by atoms with Crippen molar-refractivity contribution in [1.82, 2.24) is 0 Å². The summed E-state index contributed by atoms with van der Waals surface area (Å²) >= 11 is 12.5. The number of carbonyl (C=O) groups is 1. The SMILES string of the molecule is BrC(Br)(Br)Br.CC(C)=O.CCCC[N+](CCCC)(CCCC)CCCC.[Br-]. The molecule has 0 rings (SSSR count). The molecule has 0 aliphatic heterocycles. The number of ketones is 1. The monoisotopic (exact) mass is 707 g/mol. The Balaban J connectivity index is -0.000000220. The molecule has 0 fully saturated rings. The molecule has 0 unspecified atom stereocenters. The van der Waals surface area contributed by atoms with E-state index in [9.17, 15) is 4.79 Å². The van der Waals surface area contributed by atoms with E-state index in [0.29, 0.717) is 0 Å². The van der Waals surface area contributed by atoms with Crippen LogP contribution in [0.3, 0.4) is 0 Å². The molecule has 0 radical (unpaired) electrons. The lowest BCUT2D eigenvalue weighted by Crippen LogP contribution is -3.00. The van der Waals surface area contributed by atoms with E-state index >= 15 is 0 Å². The summed E-state index contributed by atoms with van der Waals surface area (Å²) in [6.07, 6.45) is 11.1. The predicted molar refractivity (Wildman–Crippen MR) is 134 cm³/mol. The average molecular weight is 712 g/mol. The van der Waals surface area contributed by atoms with Crippen molar-refractivity contribution in [2.75, 3.05) is 26.2 Å². The van der Waals surface area contributed by atoms with E-state index in [-0.39, 0.29) is 23.8 Å². The van der Waals surface area contributed by atoms with Crippen LogP contribution >= 0.6 is 63.7 Å². The molecule has 0 saturated heterocycles. The molecule has 0 N–H and O–H groups in total. The molecule has 7 heteroatoms. The van der Waals surface area contributed by atoms with Crippen molar-refractivity contribution in [3.63, 3.8) is 0 Å². The summed E-state index contributed by atoms with van der Waals surface area (Å²) in [5.41, 5.74) is 0. The Morgan fingerprint density at radius 2 is 0.815 bits per heavy atom. The first kappa shape index (κ1) is 36.4. The highest BCUT2D eigenvalue weighted by atomic mass is 80.0. The number of quaternary nitrogens is 1. The normalized spacial score (nSPS) is 10.7. The van der Waals surface area contributed by atoms with Gasteiger partial charge < -0.3 is 26.3 Å². The Hall–Kier alpha value is 2.03. The van der Waals surface area contributed by atoms with E-state index in [1.165, 1.54) is 95.9 Å². The molecule has 0 aromatic rings. The molecule has 0 heterocycles. The third-order valence-electron chi connectivity index (χ3n) is 3.94. The highest BCUT2D eigenvalue weighted by molar-refractivity contribution is 9.52. The Bertz CT molecular complexity index is 262. The topological polar surface area (TPSA) is 17.1 Å². The van der Waals surface area contributed by atoms with E-state index < -0.39 is 0 Å². The predicted octanol–water partition coefficient (Wildman–Crippen LogP) is 5.78. The number of hydrogen-bond donors (Lipinski definition) is 0. The van der Waals surface area contributed by atoms with Gasteiger partial charge in [0.05, 0.1) is 26.2 Å². The molecule has 168 valence electrons. The molecule has 0 atom stereocenters. The minimum Gasteiger partial charge on any atom is -1.00 e. The van der Waals surface area contributed by atoms with Crippen molar-refractivity contribution in [2.45, 2.75) is 94.0 Å². The van der Waals surface area contributed by atoms with Crippen molar-refractivity contribution in [1.29, 1.82) is 0 Å². The summed E-state index contributed by atoms with van der Waals surface area (Å²) in [5.74, 6) is 0.167. The Labute approximate surface area is 214 Å². The maximum atomic E-state index is 9.44. The van der Waals surface area contributed by atoms with Crippen molar-refractivity contribution in [3.05, 3.63) is 0 Å². The third kappa shape index (κ3) is 39.1. The smallest absolute Gasteiger partial charge is 0.189 e. The standard InChI is InChI=1S/C16H36N.C3H6O.CBr4.BrH/c1-5-9-13-17(14-10-6-2,15-11-7-3)16-12-8-4;1-3(2)4;2-1(3,4)5;/h5-16H2,1-4H3;1-2H3;;1H/q+1;;;/p-1. The molecular formula is C20H42Br5NO. The number of Topliss-reactive ketones (excluding diaryl/α,β-unsaturated/α-hetero) is 1. The first-order valence-electron chi connectivity index (χ1n) is 10.1. The second kappa shape index (κ2) is 24.3. The summed E-state index contributed by atoms with van der Waals surface area (Å²) in [7, 11) is 0.